The van der Waals surface area contributed by atoms with E-state index in [1.807, 2.05) is 29.0 Å². The summed E-state index contributed by atoms with van der Waals surface area (Å²) in [5.74, 6) is -0.833. The van der Waals surface area contributed by atoms with Gasteiger partial charge in [0.1, 0.15) is 6.54 Å². The Labute approximate surface area is 157 Å². The fourth-order valence-corrected chi connectivity index (χ4v) is 4.75. The highest BCUT2D eigenvalue weighted by Gasteiger charge is 2.34. The van der Waals surface area contributed by atoms with Crippen LogP contribution < -0.4 is 14.3 Å². The normalized spacial score (nSPS) is 21.2. The summed E-state index contributed by atoms with van der Waals surface area (Å²) in [4.78, 5) is 23.9. The first-order valence-corrected chi connectivity index (χ1v) is 10.2. The Kier molecular flexibility index (Phi) is 4.35. The van der Waals surface area contributed by atoms with Crippen LogP contribution in [0.25, 0.3) is 0 Å². The fourth-order valence-electron chi connectivity index (χ4n) is 3.60. The number of nitrogens with zero attached hydrogens (tertiary/aromatic N) is 1. The molecule has 2 amide bonds. The summed E-state index contributed by atoms with van der Waals surface area (Å²) >= 11 is 0. The highest BCUT2D eigenvalue weighted by molar-refractivity contribution is 7.92. The maximum atomic E-state index is 12.5. The summed E-state index contributed by atoms with van der Waals surface area (Å²) < 4.78 is 26.9. The minimum absolute atomic E-state index is 0.000874. The van der Waals surface area contributed by atoms with E-state index in [1.54, 1.807) is 24.3 Å². The van der Waals surface area contributed by atoms with Crippen LogP contribution in [0, 0.1) is 0 Å². The van der Waals surface area contributed by atoms with Gasteiger partial charge in [0.15, 0.2) is 0 Å². The third kappa shape index (κ3) is 3.40. The van der Waals surface area contributed by atoms with E-state index in [9.17, 15) is 18.0 Å². The average Bonchev–Trinajstić information content (AvgIpc) is 2.82. The largest absolute Gasteiger partial charge is 0.355 e. The predicted octanol–water partition coefficient (Wildman–Crippen LogP) is 0.866. The van der Waals surface area contributed by atoms with E-state index < -0.39 is 16.1 Å². The molecular formula is C19H19N3O4S. The van der Waals surface area contributed by atoms with Gasteiger partial charge in [-0.1, -0.05) is 36.4 Å². The van der Waals surface area contributed by atoms with Crippen molar-refractivity contribution in [3.05, 3.63) is 65.2 Å². The molecule has 0 spiro atoms. The van der Waals surface area contributed by atoms with Gasteiger partial charge in [-0.2, -0.15) is 8.42 Å². The van der Waals surface area contributed by atoms with Gasteiger partial charge in [-0.05, 0) is 41.7 Å². The molecule has 0 radical (unpaired) electrons. The molecular weight excluding hydrogens is 366 g/mol. The molecule has 0 aliphatic carbocycles. The van der Waals surface area contributed by atoms with Crippen molar-refractivity contribution in [1.29, 1.82) is 0 Å². The minimum atomic E-state index is -3.81. The third-order valence-electron chi connectivity index (χ3n) is 4.92. The summed E-state index contributed by atoms with van der Waals surface area (Å²) in [5, 5.41) is 2.96. The molecule has 1 atom stereocenters. The van der Waals surface area contributed by atoms with Gasteiger partial charge in [-0.15, -0.1) is 0 Å². The second kappa shape index (κ2) is 6.70. The van der Waals surface area contributed by atoms with Gasteiger partial charge >= 0.3 is 10.2 Å². The standard InChI is InChI=1S/C19H19N3O4S/c23-18-12-22(27(25,26)21-18)15-7-5-13(6-8-15)11-17-16-4-2-1-3-14(16)9-10-20-19(17)24/h1-8,17H,9-12H2,(H,20,24)(H,21,23). The molecule has 2 aliphatic heterocycles. The van der Waals surface area contributed by atoms with Crippen LogP contribution in [0.1, 0.15) is 22.6 Å². The van der Waals surface area contributed by atoms with Crippen LogP contribution in [0.5, 0.6) is 0 Å². The van der Waals surface area contributed by atoms with E-state index in [1.165, 1.54) is 5.56 Å². The Morgan fingerprint density at radius 3 is 2.48 bits per heavy atom. The Morgan fingerprint density at radius 2 is 1.78 bits per heavy atom. The molecule has 2 aromatic rings. The zero-order valence-corrected chi connectivity index (χ0v) is 15.3. The molecule has 1 unspecified atom stereocenters. The van der Waals surface area contributed by atoms with Crippen LogP contribution in [0.4, 0.5) is 5.69 Å². The molecule has 0 bridgehead atoms. The Bertz CT molecular complexity index is 1000. The lowest BCUT2D eigenvalue weighted by atomic mass is 9.88. The molecule has 27 heavy (non-hydrogen) atoms. The summed E-state index contributed by atoms with van der Waals surface area (Å²) in [7, 11) is -3.81. The van der Waals surface area contributed by atoms with E-state index in [4.69, 9.17) is 0 Å². The lowest BCUT2D eigenvalue weighted by molar-refractivity contribution is -0.122. The van der Waals surface area contributed by atoms with Crippen molar-refractivity contribution < 1.29 is 18.0 Å². The molecule has 8 heteroatoms. The van der Waals surface area contributed by atoms with Crippen molar-refractivity contribution in [2.75, 3.05) is 17.4 Å². The number of nitrogens with one attached hydrogen (secondary N) is 2. The maximum absolute atomic E-state index is 12.5. The van der Waals surface area contributed by atoms with Gasteiger partial charge in [-0.25, -0.2) is 9.03 Å². The summed E-state index contributed by atoms with van der Waals surface area (Å²) in [6.45, 7) is 0.402. The number of carbonyl (C=O) groups excluding carboxylic acids is 2. The average molecular weight is 385 g/mol. The van der Waals surface area contributed by atoms with E-state index in [-0.39, 0.29) is 18.4 Å². The zero-order chi connectivity index (χ0) is 19.0. The molecule has 4 rings (SSSR count). The fraction of sp³-hybridized carbons (Fsp3) is 0.263. The van der Waals surface area contributed by atoms with Crippen molar-refractivity contribution >= 4 is 27.7 Å². The number of amides is 2. The van der Waals surface area contributed by atoms with Crippen LogP contribution in [0.15, 0.2) is 48.5 Å². The highest BCUT2D eigenvalue weighted by Crippen LogP contribution is 2.28. The summed E-state index contributed by atoms with van der Waals surface area (Å²) in [5.41, 5.74) is 3.55. The molecule has 1 fully saturated rings. The SMILES string of the molecule is O=C1CN(c2ccc(CC3C(=O)NCCc4ccccc43)cc2)S(=O)(=O)N1. The number of carbonyl (C=O) groups is 2. The van der Waals surface area contributed by atoms with Crippen LogP contribution in [0.3, 0.4) is 0 Å². The Hall–Kier alpha value is -2.87. The van der Waals surface area contributed by atoms with E-state index >= 15 is 0 Å². The first-order valence-electron chi connectivity index (χ1n) is 8.72. The molecule has 2 heterocycles. The highest BCUT2D eigenvalue weighted by atomic mass is 32.2. The smallest absolute Gasteiger partial charge is 0.326 e. The zero-order valence-electron chi connectivity index (χ0n) is 14.5. The van der Waals surface area contributed by atoms with E-state index in [0.29, 0.717) is 18.7 Å². The number of fused-ring (bicyclic) bond motifs is 1. The van der Waals surface area contributed by atoms with Gasteiger partial charge in [0.25, 0.3) is 5.91 Å². The van der Waals surface area contributed by atoms with E-state index in [2.05, 4.69) is 5.32 Å². The van der Waals surface area contributed by atoms with Gasteiger partial charge < -0.3 is 5.32 Å². The van der Waals surface area contributed by atoms with Crippen LogP contribution in [-0.2, 0) is 32.6 Å². The van der Waals surface area contributed by atoms with Crippen LogP contribution in [0.2, 0.25) is 0 Å². The maximum Gasteiger partial charge on any atom is 0.326 e. The molecule has 2 N–H and O–H groups in total. The van der Waals surface area contributed by atoms with Crippen molar-refractivity contribution in [3.8, 4) is 0 Å². The Balaban J connectivity index is 1.58. The first-order chi connectivity index (χ1) is 12.9. The van der Waals surface area contributed by atoms with Crippen molar-refractivity contribution in [2.45, 2.75) is 18.8 Å². The van der Waals surface area contributed by atoms with Gasteiger partial charge in [-0.3, -0.25) is 9.59 Å². The number of benzene rings is 2. The second-order valence-electron chi connectivity index (χ2n) is 6.70. The number of hydrogen-bond acceptors (Lipinski definition) is 4. The monoisotopic (exact) mass is 385 g/mol. The second-order valence-corrected chi connectivity index (χ2v) is 8.29. The van der Waals surface area contributed by atoms with Gasteiger partial charge in [0.05, 0.1) is 11.6 Å². The van der Waals surface area contributed by atoms with Gasteiger partial charge in [0, 0.05) is 6.54 Å². The summed E-state index contributed by atoms with van der Waals surface area (Å²) in [6.07, 6.45) is 1.33. The molecule has 1 saturated heterocycles. The quantitative estimate of drug-likeness (QED) is 0.819. The molecule has 0 aromatic heterocycles. The topological polar surface area (TPSA) is 95.6 Å². The minimum Gasteiger partial charge on any atom is -0.355 e. The summed E-state index contributed by atoms with van der Waals surface area (Å²) in [6, 6.07) is 14.9. The van der Waals surface area contributed by atoms with Crippen LogP contribution >= 0.6 is 0 Å². The number of anilines is 1. The van der Waals surface area contributed by atoms with E-state index in [0.717, 1.165) is 21.9 Å². The lowest BCUT2D eigenvalue weighted by Gasteiger charge is -2.18. The molecule has 7 nitrogen and oxygen atoms in total. The first kappa shape index (κ1) is 17.5. The third-order valence-corrected chi connectivity index (χ3v) is 6.33. The molecule has 2 aromatic carbocycles. The number of hydrogen-bond donors (Lipinski definition) is 2. The van der Waals surface area contributed by atoms with Crippen molar-refractivity contribution in [1.82, 2.24) is 10.0 Å². The van der Waals surface area contributed by atoms with Crippen molar-refractivity contribution in [3.63, 3.8) is 0 Å². The molecule has 140 valence electrons. The number of rotatable bonds is 3. The van der Waals surface area contributed by atoms with Gasteiger partial charge in [0.2, 0.25) is 5.91 Å². The lowest BCUT2D eigenvalue weighted by Crippen LogP contribution is -2.30. The van der Waals surface area contributed by atoms with Crippen molar-refractivity contribution in [2.24, 2.45) is 0 Å². The molecule has 2 aliphatic rings. The predicted molar refractivity (Wildman–Crippen MR) is 100 cm³/mol. The van der Waals surface area contributed by atoms with Crippen LogP contribution in [-0.4, -0.2) is 33.3 Å². The molecule has 0 saturated carbocycles. The Morgan fingerprint density at radius 1 is 1.04 bits per heavy atom.